The summed E-state index contributed by atoms with van der Waals surface area (Å²) in [5.74, 6) is 0. The largest absolute Gasteiger partial charge is 0.308 e. The number of aromatic nitrogens is 1. The van der Waals surface area contributed by atoms with E-state index in [1.807, 2.05) is 0 Å². The first-order chi connectivity index (χ1) is 37.2. The Bertz CT molecular complexity index is 4240. The lowest BCUT2D eigenvalue weighted by atomic mass is 9.80. The molecule has 0 radical (unpaired) electrons. The minimum absolute atomic E-state index is 1.22. The van der Waals surface area contributed by atoms with Crippen molar-refractivity contribution in [1.82, 2.24) is 4.40 Å². The number of fused-ring (bicyclic) bond motifs is 14. The molecule has 3 heteroatoms. The average Bonchev–Trinajstić information content (AvgIpc) is 4.12. The van der Waals surface area contributed by atoms with Crippen LogP contribution in [0, 0.1) is 0 Å². The highest BCUT2D eigenvalue weighted by molar-refractivity contribution is 7.20. The maximum atomic E-state index is 2.63. The molecular formula is C72H49NSi2. The van der Waals surface area contributed by atoms with Crippen molar-refractivity contribution in [2.45, 2.75) is 0 Å². The Labute approximate surface area is 439 Å². The van der Waals surface area contributed by atoms with Crippen molar-refractivity contribution in [3.63, 3.8) is 0 Å². The molecule has 0 saturated carbocycles. The first-order valence-corrected chi connectivity index (χ1v) is 30.2. The van der Waals surface area contributed by atoms with Gasteiger partial charge in [0.2, 0.25) is 0 Å². The van der Waals surface area contributed by atoms with Crippen molar-refractivity contribution in [2.24, 2.45) is 0 Å². The molecule has 350 valence electrons. The van der Waals surface area contributed by atoms with E-state index < -0.39 is 16.1 Å². The van der Waals surface area contributed by atoms with E-state index in [1.165, 1.54) is 124 Å². The van der Waals surface area contributed by atoms with Crippen molar-refractivity contribution >= 4 is 95.7 Å². The fraction of sp³-hybridized carbons (Fsp3) is 0. The lowest BCUT2D eigenvalue weighted by molar-refractivity contribution is 1.37. The van der Waals surface area contributed by atoms with Crippen LogP contribution in [0.4, 0.5) is 0 Å². The van der Waals surface area contributed by atoms with E-state index in [9.17, 15) is 0 Å². The molecule has 14 aromatic rings. The molecule has 2 aromatic heterocycles. The predicted octanol–water partition coefficient (Wildman–Crippen LogP) is 12.6. The molecule has 0 saturated heterocycles. The SMILES string of the molecule is c1ccc([Si](c2ccccc2)(c2ccccc2)c2ccc3c(c2)c2cc([Si](c4ccccc4)(c4ccccc4)c4ccccc4)cc4c5cc6c(cc5n3c24)-c2ccccc2-c2ccccc2-c2ccccc2-6)cc1. The zero-order chi connectivity index (χ0) is 49.5. The average molecular weight is 984 g/mol. The zero-order valence-electron chi connectivity index (χ0n) is 41.2. The van der Waals surface area contributed by atoms with E-state index in [0.717, 1.165) is 0 Å². The van der Waals surface area contributed by atoms with Gasteiger partial charge in [-0.2, -0.15) is 0 Å². The van der Waals surface area contributed by atoms with Gasteiger partial charge in [0, 0.05) is 21.5 Å². The van der Waals surface area contributed by atoms with Crippen LogP contribution in [0.3, 0.4) is 0 Å². The number of rotatable bonds is 8. The summed E-state index contributed by atoms with van der Waals surface area (Å²) in [6, 6.07) is 113. The molecule has 0 unspecified atom stereocenters. The normalized spacial score (nSPS) is 12.3. The first kappa shape index (κ1) is 43.5. The molecular weight excluding hydrogens is 935 g/mol. The summed E-state index contributed by atoms with van der Waals surface area (Å²) in [6.07, 6.45) is 0. The highest BCUT2D eigenvalue weighted by atomic mass is 28.3. The highest BCUT2D eigenvalue weighted by Crippen LogP contribution is 2.50. The molecule has 75 heavy (non-hydrogen) atoms. The maximum absolute atomic E-state index is 3.02. The van der Waals surface area contributed by atoms with E-state index in [2.05, 4.69) is 302 Å². The number of hydrogen-bond acceptors (Lipinski definition) is 0. The Hall–Kier alpha value is -9.13. The van der Waals surface area contributed by atoms with Gasteiger partial charge in [-0.05, 0) is 104 Å². The third-order valence-corrected chi connectivity index (χ3v) is 26.1. The van der Waals surface area contributed by atoms with Gasteiger partial charge >= 0.3 is 0 Å². The highest BCUT2D eigenvalue weighted by Gasteiger charge is 2.44. The first-order valence-electron chi connectivity index (χ1n) is 26.2. The van der Waals surface area contributed by atoms with Gasteiger partial charge in [-0.3, -0.25) is 0 Å². The fourth-order valence-electron chi connectivity index (χ4n) is 13.5. The van der Waals surface area contributed by atoms with Crippen LogP contribution in [0.1, 0.15) is 0 Å². The van der Waals surface area contributed by atoms with Crippen molar-refractivity contribution in [3.8, 4) is 44.5 Å². The second-order valence-corrected chi connectivity index (χ2v) is 27.9. The van der Waals surface area contributed by atoms with Crippen LogP contribution in [0.2, 0.25) is 0 Å². The van der Waals surface area contributed by atoms with Crippen molar-refractivity contribution in [3.05, 3.63) is 297 Å². The van der Waals surface area contributed by atoms with Crippen LogP contribution in [0.15, 0.2) is 297 Å². The van der Waals surface area contributed by atoms with Gasteiger partial charge < -0.3 is 4.40 Å². The molecule has 2 heterocycles. The van der Waals surface area contributed by atoms with Crippen LogP contribution in [-0.4, -0.2) is 20.5 Å². The summed E-state index contributed by atoms with van der Waals surface area (Å²) in [4.78, 5) is 0. The summed E-state index contributed by atoms with van der Waals surface area (Å²) in [6.45, 7) is 0. The van der Waals surface area contributed by atoms with Gasteiger partial charge in [0.25, 0.3) is 0 Å². The molecule has 1 nitrogen and oxygen atoms in total. The summed E-state index contributed by atoms with van der Waals surface area (Å²) in [5.41, 5.74) is 13.7. The van der Waals surface area contributed by atoms with Gasteiger partial charge in [-0.25, -0.2) is 0 Å². The third kappa shape index (κ3) is 6.36. The Morgan fingerprint density at radius 2 is 0.467 bits per heavy atom. The lowest BCUT2D eigenvalue weighted by Gasteiger charge is -2.35. The van der Waals surface area contributed by atoms with E-state index in [0.29, 0.717) is 0 Å². The zero-order valence-corrected chi connectivity index (χ0v) is 43.2. The monoisotopic (exact) mass is 983 g/mol. The molecule has 0 aliphatic heterocycles. The molecule has 0 N–H and O–H groups in total. The van der Waals surface area contributed by atoms with E-state index in [-0.39, 0.29) is 0 Å². The molecule has 1 aliphatic rings. The Morgan fingerprint density at radius 1 is 0.187 bits per heavy atom. The van der Waals surface area contributed by atoms with Gasteiger partial charge in [-0.15, -0.1) is 0 Å². The second kappa shape index (κ2) is 17.2. The van der Waals surface area contributed by atoms with Crippen molar-refractivity contribution in [1.29, 1.82) is 0 Å². The summed E-state index contributed by atoms with van der Waals surface area (Å²) >= 11 is 0. The topological polar surface area (TPSA) is 4.41 Å². The maximum Gasteiger partial charge on any atom is 0.179 e. The smallest absolute Gasteiger partial charge is 0.179 e. The quantitative estimate of drug-likeness (QED) is 0.106. The van der Waals surface area contributed by atoms with Crippen LogP contribution in [0.5, 0.6) is 0 Å². The fourth-order valence-corrected chi connectivity index (χ4v) is 23.0. The minimum atomic E-state index is -3.02. The summed E-state index contributed by atoms with van der Waals surface area (Å²) in [7, 11) is -5.92. The van der Waals surface area contributed by atoms with Gasteiger partial charge in [0.05, 0.1) is 16.6 Å². The molecule has 0 bridgehead atoms. The second-order valence-electron chi connectivity index (χ2n) is 20.2. The minimum Gasteiger partial charge on any atom is -0.308 e. The summed E-state index contributed by atoms with van der Waals surface area (Å²) < 4.78 is 2.62. The van der Waals surface area contributed by atoms with Gasteiger partial charge in [-0.1, -0.05) is 279 Å². The van der Waals surface area contributed by atoms with Gasteiger partial charge in [0.1, 0.15) is 0 Å². The molecule has 1 aliphatic carbocycles. The van der Waals surface area contributed by atoms with Gasteiger partial charge in [0.15, 0.2) is 16.1 Å². The van der Waals surface area contributed by atoms with E-state index in [4.69, 9.17) is 0 Å². The van der Waals surface area contributed by atoms with Crippen molar-refractivity contribution < 1.29 is 0 Å². The molecule has 0 amide bonds. The molecule has 0 fully saturated rings. The van der Waals surface area contributed by atoms with E-state index in [1.54, 1.807) is 0 Å². The summed E-state index contributed by atoms with van der Waals surface area (Å²) in [5, 5.41) is 16.0. The Balaban J connectivity index is 1.13. The van der Waals surface area contributed by atoms with Crippen LogP contribution < -0.4 is 41.5 Å². The number of hydrogen-bond donors (Lipinski definition) is 0. The number of nitrogens with zero attached hydrogens (tertiary/aromatic N) is 1. The Kier molecular flexibility index (Phi) is 9.99. The predicted molar refractivity (Wildman–Crippen MR) is 324 cm³/mol. The molecule has 15 rings (SSSR count). The van der Waals surface area contributed by atoms with Crippen LogP contribution in [0.25, 0.3) is 82.6 Å². The molecule has 12 aromatic carbocycles. The van der Waals surface area contributed by atoms with E-state index >= 15 is 0 Å². The standard InChI is InChI=1S/C72H49NSi2/c1-7-25-50(26-8-1)74(51-27-9-2-10-28-51,52-29-11-3-12-30-52)56-43-44-70-66(45-56)68-46-57(75(53-31-13-4-14-32-53,54-33-15-5-16-34-54)55-35-17-6-18-36-55)47-69-67-48-64-62-41-23-21-39-60(62)58-37-19-20-38-59(58)61-40-22-24-42-63(61)65(64)49-71(67)73(70)72(68)69/h1-49H. The van der Waals surface area contributed by atoms with Crippen LogP contribution in [-0.2, 0) is 0 Å². The third-order valence-electron chi connectivity index (χ3n) is 16.6. The molecule has 0 spiro atoms. The van der Waals surface area contributed by atoms with Crippen LogP contribution >= 0.6 is 0 Å². The lowest BCUT2D eigenvalue weighted by Crippen LogP contribution is -2.74. The molecule has 0 atom stereocenters. The Morgan fingerprint density at radius 3 is 0.827 bits per heavy atom. The van der Waals surface area contributed by atoms with Crippen molar-refractivity contribution in [2.75, 3.05) is 0 Å². The number of benzene rings is 12.